The monoisotopic (exact) mass is 448 g/mol. The molecule has 0 bridgehead atoms. The van der Waals surface area contributed by atoms with Crippen LogP contribution in [0, 0.1) is 0 Å². The van der Waals surface area contributed by atoms with E-state index >= 15 is 0 Å². The van der Waals surface area contributed by atoms with E-state index in [9.17, 15) is 0 Å². The molecule has 0 aliphatic heterocycles. The minimum atomic E-state index is 1.07. The van der Waals surface area contributed by atoms with Gasteiger partial charge in [-0.15, -0.1) is 0 Å². The number of halogens is 1. The maximum atomic E-state index is 4.27. The van der Waals surface area contributed by atoms with Crippen LogP contribution in [0.5, 0.6) is 0 Å². The summed E-state index contributed by atoms with van der Waals surface area (Å²) in [5, 5.41) is 1.18. The Kier molecular flexibility index (Phi) is 26.7. The topological polar surface area (TPSA) is 0 Å². The highest BCUT2D eigenvalue weighted by Crippen LogP contribution is 2.15. The second kappa shape index (κ2) is 25.8. The predicted molar refractivity (Wildman–Crippen MR) is 129 cm³/mol. The van der Waals surface area contributed by atoms with Crippen molar-refractivity contribution in [3.8, 4) is 0 Å². The van der Waals surface area contributed by atoms with Crippen molar-refractivity contribution in [3.63, 3.8) is 0 Å². The Morgan fingerprint density at radius 3 is 0.692 bits per heavy atom. The molecule has 0 heterocycles. The summed E-state index contributed by atoms with van der Waals surface area (Å²) in [5.41, 5.74) is 0. The Hall–Kier alpha value is 0.830. The summed E-state index contributed by atoms with van der Waals surface area (Å²) >= 11 is 7.77. The van der Waals surface area contributed by atoms with E-state index in [0.29, 0.717) is 0 Å². The molecule has 0 amide bonds. The van der Waals surface area contributed by atoms with Gasteiger partial charge in [0.1, 0.15) is 0 Å². The van der Waals surface area contributed by atoms with Gasteiger partial charge in [0.25, 0.3) is 0 Å². The fourth-order valence-electron chi connectivity index (χ4n) is 3.74. The first-order valence-corrected chi connectivity index (χ1v) is 13.8. The van der Waals surface area contributed by atoms with Crippen molar-refractivity contribution >= 4 is 28.6 Å². The largest absolute Gasteiger partial charge is 0.179 e. The number of alkyl halides is 1. The van der Waals surface area contributed by atoms with Crippen LogP contribution < -0.4 is 0 Å². The molecular weight excluding hydrogens is 400 g/mol. The highest BCUT2D eigenvalue weighted by Gasteiger charge is 1.95. The van der Waals surface area contributed by atoms with Crippen molar-refractivity contribution in [2.75, 3.05) is 11.1 Å². The molecule has 0 atom stereocenters. The first kappa shape index (κ1) is 26.8. The van der Waals surface area contributed by atoms with Gasteiger partial charge >= 0.3 is 0 Å². The molecule has 0 N–H and O–H groups in total. The zero-order chi connectivity index (χ0) is 19.0. The van der Waals surface area contributed by atoms with Gasteiger partial charge < -0.3 is 0 Å². The lowest BCUT2D eigenvalue weighted by Crippen LogP contribution is -1.84. The van der Waals surface area contributed by atoms with Gasteiger partial charge in [0, 0.05) is 5.33 Å². The third-order valence-corrected chi connectivity index (χ3v) is 6.42. The van der Waals surface area contributed by atoms with Crippen molar-refractivity contribution in [2.24, 2.45) is 0 Å². The summed E-state index contributed by atoms with van der Waals surface area (Å²) < 4.78 is 0. The van der Waals surface area contributed by atoms with Crippen molar-refractivity contribution in [3.05, 3.63) is 0 Å². The zero-order valence-corrected chi connectivity index (χ0v) is 20.3. The van der Waals surface area contributed by atoms with Crippen molar-refractivity contribution in [2.45, 2.75) is 141 Å². The Balaban J connectivity index is 2.95. The van der Waals surface area contributed by atoms with E-state index in [-0.39, 0.29) is 0 Å². The molecule has 0 saturated carbocycles. The van der Waals surface area contributed by atoms with E-state index in [0.717, 1.165) is 5.75 Å². The summed E-state index contributed by atoms with van der Waals surface area (Å²) in [6.45, 7) is 0. The second-order valence-electron chi connectivity index (χ2n) is 8.19. The molecule has 26 heavy (non-hydrogen) atoms. The first-order chi connectivity index (χ1) is 12.9. The lowest BCUT2D eigenvalue weighted by Gasteiger charge is -2.04. The minimum Gasteiger partial charge on any atom is -0.179 e. The van der Waals surface area contributed by atoms with Gasteiger partial charge in [-0.1, -0.05) is 144 Å². The molecule has 0 rings (SSSR count). The molecule has 2 heteroatoms. The molecule has 158 valence electrons. The van der Waals surface area contributed by atoms with Crippen LogP contribution in [-0.4, -0.2) is 11.1 Å². The molecule has 0 fully saturated rings. The Bertz CT molecular complexity index is 208. The maximum absolute atomic E-state index is 4.27. The smallest absolute Gasteiger partial charge is 0.00313 e. The lowest BCUT2D eigenvalue weighted by molar-refractivity contribution is 0.520. The summed E-state index contributed by atoms with van der Waals surface area (Å²) in [6, 6.07) is 0. The number of hydrogen-bond acceptors (Lipinski definition) is 1. The second-order valence-corrected chi connectivity index (χ2v) is 9.43. The molecule has 0 aromatic rings. The Labute approximate surface area is 180 Å². The predicted octanol–water partition coefficient (Wildman–Crippen LogP) is 9.89. The minimum absolute atomic E-state index is 1.07. The number of unbranched alkanes of at least 4 members (excludes halogenated alkanes) is 21. The van der Waals surface area contributed by atoms with E-state index in [1.165, 1.54) is 147 Å². The van der Waals surface area contributed by atoms with Crippen LogP contribution in [0.2, 0.25) is 0 Å². The lowest BCUT2D eigenvalue weighted by atomic mass is 10.0. The number of thiol groups is 1. The van der Waals surface area contributed by atoms with E-state index in [1.54, 1.807) is 0 Å². The zero-order valence-electron chi connectivity index (χ0n) is 17.8. The van der Waals surface area contributed by atoms with E-state index in [4.69, 9.17) is 0 Å². The van der Waals surface area contributed by atoms with Crippen LogP contribution in [0.4, 0.5) is 0 Å². The van der Waals surface area contributed by atoms with E-state index < -0.39 is 0 Å². The molecule has 0 saturated heterocycles. The molecule has 0 nitrogen and oxygen atoms in total. The van der Waals surface area contributed by atoms with Crippen LogP contribution in [0.25, 0.3) is 0 Å². The summed E-state index contributed by atoms with van der Waals surface area (Å²) in [6.07, 6.45) is 31.9. The maximum Gasteiger partial charge on any atom is 0.00313 e. The first-order valence-electron chi connectivity index (χ1n) is 12.1. The average molecular weight is 450 g/mol. The molecule has 0 spiro atoms. The van der Waals surface area contributed by atoms with Gasteiger partial charge in [-0.25, -0.2) is 0 Å². The molecule has 0 radical (unpaired) electrons. The van der Waals surface area contributed by atoms with Gasteiger partial charge in [-0.05, 0) is 18.6 Å². The summed E-state index contributed by atoms with van der Waals surface area (Å²) in [4.78, 5) is 0. The fourth-order valence-corrected chi connectivity index (χ4v) is 4.36. The highest BCUT2D eigenvalue weighted by molar-refractivity contribution is 9.09. The standard InChI is InChI=1S/C24H49BrS/c25-23-21-19-17-15-13-11-9-7-5-3-1-2-4-6-8-10-12-14-16-18-20-22-24-26/h26H,1-24H2. The SMILES string of the molecule is SCCCCCCCCCCCCCCCCCCCCCCCCBr. The fraction of sp³-hybridized carbons (Fsp3) is 1.00. The quantitative estimate of drug-likeness (QED) is 0.0895. The Morgan fingerprint density at radius 2 is 0.500 bits per heavy atom. The normalized spacial score (nSPS) is 11.3. The molecule has 0 aromatic carbocycles. The molecular formula is C24H49BrS. The summed E-state index contributed by atoms with van der Waals surface area (Å²) in [7, 11) is 0. The number of rotatable bonds is 23. The van der Waals surface area contributed by atoms with Gasteiger partial charge in [0.15, 0.2) is 0 Å². The van der Waals surface area contributed by atoms with Gasteiger partial charge in [-0.2, -0.15) is 12.6 Å². The Morgan fingerprint density at radius 1 is 0.308 bits per heavy atom. The van der Waals surface area contributed by atoms with Gasteiger partial charge in [-0.3, -0.25) is 0 Å². The van der Waals surface area contributed by atoms with E-state index in [2.05, 4.69) is 28.6 Å². The van der Waals surface area contributed by atoms with Gasteiger partial charge in [0.05, 0.1) is 0 Å². The van der Waals surface area contributed by atoms with Crippen molar-refractivity contribution < 1.29 is 0 Å². The molecule has 0 aromatic heterocycles. The number of hydrogen-bond donors (Lipinski definition) is 1. The van der Waals surface area contributed by atoms with Gasteiger partial charge in [0.2, 0.25) is 0 Å². The van der Waals surface area contributed by atoms with Crippen LogP contribution >= 0.6 is 28.6 Å². The summed E-state index contributed by atoms with van der Waals surface area (Å²) in [5.74, 6) is 1.07. The van der Waals surface area contributed by atoms with Crippen LogP contribution in [0.1, 0.15) is 141 Å². The third kappa shape index (κ3) is 24.8. The molecule has 0 aliphatic rings. The van der Waals surface area contributed by atoms with Crippen LogP contribution in [-0.2, 0) is 0 Å². The highest BCUT2D eigenvalue weighted by atomic mass is 79.9. The third-order valence-electron chi connectivity index (χ3n) is 5.54. The van der Waals surface area contributed by atoms with Crippen LogP contribution in [0.3, 0.4) is 0 Å². The van der Waals surface area contributed by atoms with Crippen LogP contribution in [0.15, 0.2) is 0 Å². The molecule has 0 aliphatic carbocycles. The average Bonchev–Trinajstić information content (AvgIpc) is 2.66. The van der Waals surface area contributed by atoms with E-state index in [1.807, 2.05) is 0 Å². The van der Waals surface area contributed by atoms with Crippen molar-refractivity contribution in [1.82, 2.24) is 0 Å². The van der Waals surface area contributed by atoms with Crippen molar-refractivity contribution in [1.29, 1.82) is 0 Å². The molecule has 0 unspecified atom stereocenters.